The summed E-state index contributed by atoms with van der Waals surface area (Å²) in [5, 5.41) is 0. The van der Waals surface area contributed by atoms with Gasteiger partial charge in [0.05, 0.1) is 12.8 Å². The van der Waals surface area contributed by atoms with E-state index in [0.29, 0.717) is 0 Å². The molecule has 1 heterocycles. The Bertz CT molecular complexity index is 537. The Morgan fingerprint density at radius 1 is 1.21 bits per heavy atom. The first kappa shape index (κ1) is 13.4. The summed E-state index contributed by atoms with van der Waals surface area (Å²) >= 11 is 0. The largest absolute Gasteiger partial charge is 0.495 e. The Labute approximate surface area is 113 Å². The number of pyridine rings is 1. The number of nitrogens with two attached hydrogens (primary N) is 1. The number of rotatable bonds is 4. The standard InChI is InChI=1S/C15H19N3O/c1-11(16)12-8-9-15(17-10-12)18(2)13-6-4-5-7-14(13)19-3/h4-11H,16H2,1-3H3/t11-/m1/s1. The van der Waals surface area contributed by atoms with Crippen molar-refractivity contribution in [3.8, 4) is 5.75 Å². The molecule has 4 heteroatoms. The number of hydrogen-bond acceptors (Lipinski definition) is 4. The molecular formula is C15H19N3O. The SMILES string of the molecule is COc1ccccc1N(C)c1ccc([C@@H](C)N)cn1. The van der Waals surface area contributed by atoms with Crippen molar-refractivity contribution < 1.29 is 4.74 Å². The Kier molecular flexibility index (Phi) is 4.02. The van der Waals surface area contributed by atoms with Crippen LogP contribution in [0.5, 0.6) is 5.75 Å². The molecule has 19 heavy (non-hydrogen) atoms. The summed E-state index contributed by atoms with van der Waals surface area (Å²) in [6.07, 6.45) is 1.81. The molecule has 2 rings (SSSR count). The second kappa shape index (κ2) is 5.71. The summed E-state index contributed by atoms with van der Waals surface area (Å²) < 4.78 is 5.36. The second-order valence-electron chi connectivity index (χ2n) is 4.47. The summed E-state index contributed by atoms with van der Waals surface area (Å²) in [6, 6.07) is 11.8. The van der Waals surface area contributed by atoms with Crippen LogP contribution in [0.2, 0.25) is 0 Å². The van der Waals surface area contributed by atoms with Crippen molar-refractivity contribution in [3.63, 3.8) is 0 Å². The van der Waals surface area contributed by atoms with Crippen LogP contribution in [0, 0.1) is 0 Å². The summed E-state index contributed by atoms with van der Waals surface area (Å²) in [6.45, 7) is 1.95. The summed E-state index contributed by atoms with van der Waals surface area (Å²) in [5.74, 6) is 1.68. The van der Waals surface area contributed by atoms with Gasteiger partial charge < -0.3 is 15.4 Å². The number of benzene rings is 1. The number of aromatic nitrogens is 1. The maximum absolute atomic E-state index is 5.82. The number of para-hydroxylation sites is 2. The highest BCUT2D eigenvalue weighted by molar-refractivity contribution is 5.66. The van der Waals surface area contributed by atoms with Crippen LogP contribution in [0.4, 0.5) is 11.5 Å². The van der Waals surface area contributed by atoms with Gasteiger partial charge in [0.25, 0.3) is 0 Å². The minimum absolute atomic E-state index is 0.00174. The van der Waals surface area contributed by atoms with Crippen LogP contribution in [-0.2, 0) is 0 Å². The van der Waals surface area contributed by atoms with Crippen molar-refractivity contribution in [2.45, 2.75) is 13.0 Å². The van der Waals surface area contributed by atoms with Gasteiger partial charge in [-0.3, -0.25) is 0 Å². The Morgan fingerprint density at radius 2 is 1.95 bits per heavy atom. The summed E-state index contributed by atoms with van der Waals surface area (Å²) in [5.41, 5.74) is 7.83. The summed E-state index contributed by atoms with van der Waals surface area (Å²) in [7, 11) is 3.63. The first-order valence-corrected chi connectivity index (χ1v) is 6.21. The van der Waals surface area contributed by atoms with Crippen molar-refractivity contribution >= 4 is 11.5 Å². The lowest BCUT2D eigenvalue weighted by Crippen LogP contribution is -2.13. The first-order valence-electron chi connectivity index (χ1n) is 6.21. The molecule has 0 amide bonds. The zero-order chi connectivity index (χ0) is 13.8. The molecule has 1 aromatic carbocycles. The Morgan fingerprint density at radius 3 is 2.53 bits per heavy atom. The number of hydrogen-bond donors (Lipinski definition) is 1. The van der Waals surface area contributed by atoms with E-state index in [1.165, 1.54) is 0 Å². The molecule has 0 spiro atoms. The zero-order valence-corrected chi connectivity index (χ0v) is 11.5. The highest BCUT2D eigenvalue weighted by Gasteiger charge is 2.10. The fourth-order valence-corrected chi connectivity index (χ4v) is 1.90. The van der Waals surface area contributed by atoms with E-state index in [9.17, 15) is 0 Å². The highest BCUT2D eigenvalue weighted by atomic mass is 16.5. The van der Waals surface area contributed by atoms with Gasteiger partial charge in [-0.2, -0.15) is 0 Å². The Balaban J connectivity index is 2.30. The molecule has 0 bridgehead atoms. The number of nitrogens with zero attached hydrogens (tertiary/aromatic N) is 2. The number of ether oxygens (including phenoxy) is 1. The molecule has 0 aliphatic rings. The van der Waals surface area contributed by atoms with Crippen LogP contribution in [0.15, 0.2) is 42.6 Å². The van der Waals surface area contributed by atoms with Gasteiger partial charge in [0, 0.05) is 19.3 Å². The Hall–Kier alpha value is -2.07. The average molecular weight is 257 g/mol. The average Bonchev–Trinajstić information content (AvgIpc) is 2.46. The highest BCUT2D eigenvalue weighted by Crippen LogP contribution is 2.31. The molecule has 0 saturated heterocycles. The van der Waals surface area contributed by atoms with Crippen molar-refractivity contribution in [1.29, 1.82) is 0 Å². The summed E-state index contributed by atoms with van der Waals surface area (Å²) in [4.78, 5) is 6.43. The van der Waals surface area contributed by atoms with Crippen LogP contribution in [-0.4, -0.2) is 19.1 Å². The van der Waals surface area contributed by atoms with Gasteiger partial charge in [0.2, 0.25) is 0 Å². The van der Waals surface area contributed by atoms with Crippen molar-refractivity contribution in [3.05, 3.63) is 48.2 Å². The minimum atomic E-state index is -0.00174. The molecule has 4 nitrogen and oxygen atoms in total. The van der Waals surface area contributed by atoms with Crippen LogP contribution < -0.4 is 15.4 Å². The van der Waals surface area contributed by atoms with Crippen molar-refractivity contribution in [2.75, 3.05) is 19.1 Å². The van der Waals surface area contributed by atoms with Gasteiger partial charge in [-0.05, 0) is 30.7 Å². The molecule has 2 N–H and O–H groups in total. The van der Waals surface area contributed by atoms with Gasteiger partial charge in [-0.15, -0.1) is 0 Å². The van der Waals surface area contributed by atoms with Gasteiger partial charge in [0.1, 0.15) is 11.6 Å². The second-order valence-corrected chi connectivity index (χ2v) is 4.47. The molecule has 0 fully saturated rings. The third kappa shape index (κ3) is 2.85. The molecule has 0 aliphatic carbocycles. The molecule has 1 aromatic heterocycles. The molecular weight excluding hydrogens is 238 g/mol. The predicted octanol–water partition coefficient (Wildman–Crippen LogP) is 2.88. The van der Waals surface area contributed by atoms with E-state index < -0.39 is 0 Å². The van der Waals surface area contributed by atoms with Gasteiger partial charge in [-0.25, -0.2) is 4.98 Å². The molecule has 0 radical (unpaired) electrons. The fourth-order valence-electron chi connectivity index (χ4n) is 1.90. The van der Waals surface area contributed by atoms with Crippen LogP contribution in [0.25, 0.3) is 0 Å². The van der Waals surface area contributed by atoms with E-state index in [2.05, 4.69) is 4.98 Å². The monoisotopic (exact) mass is 257 g/mol. The third-order valence-corrected chi connectivity index (χ3v) is 3.09. The zero-order valence-electron chi connectivity index (χ0n) is 11.5. The fraction of sp³-hybridized carbons (Fsp3) is 0.267. The maximum atomic E-state index is 5.82. The van der Waals surface area contributed by atoms with Crippen molar-refractivity contribution in [2.24, 2.45) is 5.73 Å². The molecule has 0 aliphatic heterocycles. The van der Waals surface area contributed by atoms with Gasteiger partial charge in [0.15, 0.2) is 0 Å². The minimum Gasteiger partial charge on any atom is -0.495 e. The normalized spacial score (nSPS) is 12.0. The third-order valence-electron chi connectivity index (χ3n) is 3.09. The number of anilines is 2. The lowest BCUT2D eigenvalue weighted by molar-refractivity contribution is 0.415. The first-order chi connectivity index (χ1) is 9.13. The lowest BCUT2D eigenvalue weighted by Gasteiger charge is -2.21. The van der Waals surface area contributed by atoms with E-state index >= 15 is 0 Å². The molecule has 0 saturated carbocycles. The number of methoxy groups -OCH3 is 1. The predicted molar refractivity (Wildman–Crippen MR) is 77.9 cm³/mol. The van der Waals surface area contributed by atoms with Gasteiger partial charge >= 0.3 is 0 Å². The van der Waals surface area contributed by atoms with Crippen molar-refractivity contribution in [1.82, 2.24) is 4.98 Å². The van der Waals surface area contributed by atoms with E-state index in [0.717, 1.165) is 22.8 Å². The van der Waals surface area contributed by atoms with E-state index in [1.807, 2.05) is 61.5 Å². The smallest absolute Gasteiger partial charge is 0.142 e. The molecule has 1 atom stereocenters. The van der Waals surface area contributed by atoms with E-state index in [4.69, 9.17) is 10.5 Å². The lowest BCUT2D eigenvalue weighted by atomic mass is 10.1. The van der Waals surface area contributed by atoms with E-state index in [-0.39, 0.29) is 6.04 Å². The van der Waals surface area contributed by atoms with Crippen LogP contribution in [0.3, 0.4) is 0 Å². The van der Waals surface area contributed by atoms with Crippen LogP contribution >= 0.6 is 0 Å². The molecule has 100 valence electrons. The van der Waals surface area contributed by atoms with Crippen LogP contribution in [0.1, 0.15) is 18.5 Å². The molecule has 0 unspecified atom stereocenters. The quantitative estimate of drug-likeness (QED) is 0.915. The maximum Gasteiger partial charge on any atom is 0.142 e. The topological polar surface area (TPSA) is 51.4 Å². The molecule has 2 aromatic rings. The van der Waals surface area contributed by atoms with Gasteiger partial charge in [-0.1, -0.05) is 18.2 Å². The van der Waals surface area contributed by atoms with E-state index in [1.54, 1.807) is 7.11 Å².